The molecule has 0 aliphatic carbocycles. The number of benzene rings is 1. The van der Waals surface area contributed by atoms with Crippen molar-refractivity contribution in [1.29, 1.82) is 0 Å². The van der Waals surface area contributed by atoms with Gasteiger partial charge in [-0.25, -0.2) is 0 Å². The molecule has 2 heterocycles. The van der Waals surface area contributed by atoms with Crippen molar-refractivity contribution < 1.29 is 18.9 Å². The number of furan rings is 1. The van der Waals surface area contributed by atoms with E-state index in [9.17, 15) is 19.7 Å². The summed E-state index contributed by atoms with van der Waals surface area (Å²) >= 11 is 6.05. The first-order valence-corrected chi connectivity index (χ1v) is 9.48. The Morgan fingerprint density at radius 2 is 1.90 bits per heavy atom. The zero-order chi connectivity index (χ0) is 21.1. The number of anilines is 1. The molecule has 0 spiro atoms. The van der Waals surface area contributed by atoms with Crippen LogP contribution >= 0.6 is 11.6 Å². The number of nitro groups is 1. The van der Waals surface area contributed by atoms with Crippen LogP contribution in [0.2, 0.25) is 5.02 Å². The molecule has 0 bridgehead atoms. The molecule has 1 aliphatic rings. The fraction of sp³-hybridized carbons (Fsp3) is 0.368. The maximum absolute atomic E-state index is 12.6. The van der Waals surface area contributed by atoms with Crippen LogP contribution < -0.4 is 5.32 Å². The lowest BCUT2D eigenvalue weighted by molar-refractivity contribution is -0.384. The van der Waals surface area contributed by atoms with Crippen molar-refractivity contribution in [2.45, 2.75) is 19.9 Å². The van der Waals surface area contributed by atoms with Gasteiger partial charge in [-0.1, -0.05) is 11.6 Å². The van der Waals surface area contributed by atoms with Gasteiger partial charge in [0.25, 0.3) is 11.6 Å². The largest absolute Gasteiger partial charge is 0.456 e. The standard InChI is InChI=1S/C19H21ClN4O5/c1-12-3-6-17(29-12)19(26)23-9-7-22(8-10-23)13(2)18(25)21-16-11-14(24(27)28)4-5-15(16)20/h3-6,11,13H,7-10H2,1-2H3,(H,21,25). The third kappa shape index (κ3) is 4.75. The van der Waals surface area contributed by atoms with Gasteiger partial charge in [-0.15, -0.1) is 0 Å². The second-order valence-electron chi connectivity index (χ2n) is 6.82. The summed E-state index contributed by atoms with van der Waals surface area (Å²) in [5.41, 5.74) is 0.0392. The minimum Gasteiger partial charge on any atom is -0.456 e. The second kappa shape index (κ2) is 8.62. The summed E-state index contributed by atoms with van der Waals surface area (Å²) in [6.45, 7) is 5.49. The van der Waals surface area contributed by atoms with E-state index in [0.29, 0.717) is 37.7 Å². The minimum atomic E-state index is -0.549. The summed E-state index contributed by atoms with van der Waals surface area (Å²) in [7, 11) is 0. The molecule has 9 nitrogen and oxygen atoms in total. The van der Waals surface area contributed by atoms with E-state index in [1.54, 1.807) is 30.9 Å². The summed E-state index contributed by atoms with van der Waals surface area (Å²) in [5, 5.41) is 13.8. The Balaban J connectivity index is 1.58. The first-order chi connectivity index (χ1) is 13.8. The van der Waals surface area contributed by atoms with E-state index in [0.717, 1.165) is 0 Å². The van der Waals surface area contributed by atoms with Gasteiger partial charge in [-0.05, 0) is 32.0 Å². The van der Waals surface area contributed by atoms with Gasteiger partial charge in [0.1, 0.15) is 5.76 Å². The summed E-state index contributed by atoms with van der Waals surface area (Å²) in [4.78, 5) is 39.1. The van der Waals surface area contributed by atoms with E-state index in [1.807, 2.05) is 4.90 Å². The Morgan fingerprint density at radius 3 is 2.48 bits per heavy atom. The van der Waals surface area contributed by atoms with Gasteiger partial charge in [-0.2, -0.15) is 0 Å². The number of carbonyl (C=O) groups excluding carboxylic acids is 2. The van der Waals surface area contributed by atoms with Crippen molar-refractivity contribution in [2.75, 3.05) is 31.5 Å². The second-order valence-corrected chi connectivity index (χ2v) is 7.23. The molecule has 0 saturated carbocycles. The number of halogens is 1. The Morgan fingerprint density at radius 1 is 1.21 bits per heavy atom. The van der Waals surface area contributed by atoms with Crippen LogP contribution in [0.5, 0.6) is 0 Å². The molecule has 29 heavy (non-hydrogen) atoms. The zero-order valence-corrected chi connectivity index (χ0v) is 16.8. The van der Waals surface area contributed by atoms with Gasteiger partial charge < -0.3 is 14.6 Å². The van der Waals surface area contributed by atoms with Crippen LogP contribution in [-0.2, 0) is 4.79 Å². The predicted molar refractivity (Wildman–Crippen MR) is 107 cm³/mol. The predicted octanol–water partition coefficient (Wildman–Crippen LogP) is 2.93. The summed E-state index contributed by atoms with van der Waals surface area (Å²) < 4.78 is 5.39. The zero-order valence-electron chi connectivity index (χ0n) is 16.1. The van der Waals surface area contributed by atoms with Crippen molar-refractivity contribution in [3.8, 4) is 0 Å². The number of piperazine rings is 1. The van der Waals surface area contributed by atoms with Crippen LogP contribution in [0, 0.1) is 17.0 Å². The molecular weight excluding hydrogens is 400 g/mol. The Bertz CT molecular complexity index is 936. The van der Waals surface area contributed by atoms with E-state index in [1.165, 1.54) is 18.2 Å². The normalized spacial score (nSPS) is 15.8. The molecule has 1 aromatic carbocycles. The number of hydrogen-bond donors (Lipinski definition) is 1. The highest BCUT2D eigenvalue weighted by atomic mass is 35.5. The van der Waals surface area contributed by atoms with Crippen molar-refractivity contribution in [2.24, 2.45) is 0 Å². The van der Waals surface area contributed by atoms with Crippen LogP contribution in [0.25, 0.3) is 0 Å². The number of aryl methyl sites for hydroxylation is 1. The first kappa shape index (κ1) is 20.8. The van der Waals surface area contributed by atoms with Crippen LogP contribution in [0.15, 0.2) is 34.7 Å². The number of carbonyl (C=O) groups is 2. The molecular formula is C19H21ClN4O5. The lowest BCUT2D eigenvalue weighted by atomic mass is 10.2. The smallest absolute Gasteiger partial charge is 0.289 e. The average Bonchev–Trinajstić information content (AvgIpc) is 3.14. The quantitative estimate of drug-likeness (QED) is 0.588. The Kier molecular flexibility index (Phi) is 6.19. The molecule has 1 fully saturated rings. The van der Waals surface area contributed by atoms with Crippen molar-refractivity contribution in [3.05, 3.63) is 57.0 Å². The average molecular weight is 421 g/mol. The van der Waals surface area contributed by atoms with E-state index < -0.39 is 11.0 Å². The van der Waals surface area contributed by atoms with Crippen LogP contribution in [0.4, 0.5) is 11.4 Å². The number of hydrogen-bond acceptors (Lipinski definition) is 6. The van der Waals surface area contributed by atoms with Gasteiger partial charge in [0, 0.05) is 38.3 Å². The fourth-order valence-electron chi connectivity index (χ4n) is 3.14. The number of amides is 2. The molecule has 1 aromatic heterocycles. The number of rotatable bonds is 5. The molecule has 1 unspecified atom stereocenters. The highest BCUT2D eigenvalue weighted by Gasteiger charge is 2.29. The van der Waals surface area contributed by atoms with Crippen molar-refractivity contribution >= 4 is 34.8 Å². The molecule has 0 radical (unpaired) electrons. The van der Waals surface area contributed by atoms with Crippen LogP contribution in [-0.4, -0.2) is 58.8 Å². The SMILES string of the molecule is Cc1ccc(C(=O)N2CCN(C(C)C(=O)Nc3cc([N+](=O)[O-])ccc3Cl)CC2)o1. The van der Waals surface area contributed by atoms with Crippen molar-refractivity contribution in [3.63, 3.8) is 0 Å². The molecule has 1 atom stereocenters. The summed E-state index contributed by atoms with van der Waals surface area (Å²) in [5.74, 6) is 0.492. The number of nitro benzene ring substituents is 1. The lowest BCUT2D eigenvalue weighted by Gasteiger charge is -2.37. The molecule has 2 aromatic rings. The van der Waals surface area contributed by atoms with E-state index in [2.05, 4.69) is 5.32 Å². The monoisotopic (exact) mass is 420 g/mol. The van der Waals surface area contributed by atoms with Gasteiger partial charge in [-0.3, -0.25) is 24.6 Å². The highest BCUT2D eigenvalue weighted by Crippen LogP contribution is 2.27. The lowest BCUT2D eigenvalue weighted by Crippen LogP contribution is -2.54. The maximum Gasteiger partial charge on any atom is 0.289 e. The summed E-state index contributed by atoms with van der Waals surface area (Å²) in [6, 6.07) is 6.79. The summed E-state index contributed by atoms with van der Waals surface area (Å²) in [6.07, 6.45) is 0. The van der Waals surface area contributed by atoms with Crippen molar-refractivity contribution in [1.82, 2.24) is 9.80 Å². The third-order valence-corrected chi connectivity index (χ3v) is 5.23. The topological polar surface area (TPSA) is 109 Å². The number of nitrogens with one attached hydrogen (secondary N) is 1. The highest BCUT2D eigenvalue weighted by molar-refractivity contribution is 6.33. The van der Waals surface area contributed by atoms with Crippen LogP contribution in [0.1, 0.15) is 23.2 Å². The van der Waals surface area contributed by atoms with E-state index >= 15 is 0 Å². The molecule has 3 rings (SSSR count). The molecule has 154 valence electrons. The Hall–Kier alpha value is -2.91. The van der Waals surface area contributed by atoms with Gasteiger partial charge in [0.15, 0.2) is 5.76 Å². The molecule has 10 heteroatoms. The Labute approximate surface area is 172 Å². The molecule has 1 saturated heterocycles. The first-order valence-electron chi connectivity index (χ1n) is 9.11. The van der Waals surface area contributed by atoms with Gasteiger partial charge >= 0.3 is 0 Å². The van der Waals surface area contributed by atoms with Crippen LogP contribution in [0.3, 0.4) is 0 Å². The minimum absolute atomic E-state index is 0.155. The van der Waals surface area contributed by atoms with E-state index in [4.69, 9.17) is 16.0 Å². The van der Waals surface area contributed by atoms with Gasteiger partial charge in [0.05, 0.1) is 21.7 Å². The van der Waals surface area contributed by atoms with E-state index in [-0.39, 0.29) is 28.2 Å². The molecule has 2 amide bonds. The number of nitrogens with zero attached hydrogens (tertiary/aromatic N) is 3. The molecule has 1 N–H and O–H groups in total. The number of non-ortho nitro benzene ring substituents is 1. The maximum atomic E-state index is 12.6. The fourth-order valence-corrected chi connectivity index (χ4v) is 3.31. The molecule has 1 aliphatic heterocycles. The third-order valence-electron chi connectivity index (χ3n) is 4.90. The van der Waals surface area contributed by atoms with Gasteiger partial charge in [0.2, 0.25) is 5.91 Å².